The Morgan fingerprint density at radius 1 is 1.23 bits per heavy atom. The van der Waals surface area contributed by atoms with Crippen LogP contribution in [-0.2, 0) is 4.79 Å². The Morgan fingerprint density at radius 2 is 1.97 bits per heavy atom. The number of nitrogens with zero attached hydrogens (tertiary/aromatic N) is 3. The number of hydrogen-bond donors (Lipinski definition) is 2. The number of halogens is 1. The Morgan fingerprint density at radius 3 is 2.67 bits per heavy atom. The molecule has 158 valence electrons. The van der Waals surface area contributed by atoms with Gasteiger partial charge >= 0.3 is 0 Å². The van der Waals surface area contributed by atoms with E-state index in [0.29, 0.717) is 43.7 Å². The molecule has 30 heavy (non-hydrogen) atoms. The predicted octanol–water partition coefficient (Wildman–Crippen LogP) is 2.38. The van der Waals surface area contributed by atoms with E-state index in [1.165, 1.54) is 24.4 Å². The van der Waals surface area contributed by atoms with Crippen LogP contribution in [-0.4, -0.2) is 45.1 Å². The highest BCUT2D eigenvalue weighted by atomic mass is 19.1. The number of amides is 2. The predicted molar refractivity (Wildman–Crippen MR) is 108 cm³/mol. The maximum absolute atomic E-state index is 13.3. The van der Waals surface area contributed by atoms with E-state index >= 15 is 0 Å². The van der Waals surface area contributed by atoms with Gasteiger partial charge < -0.3 is 15.3 Å². The molecule has 7 nitrogen and oxygen atoms in total. The van der Waals surface area contributed by atoms with Crippen molar-refractivity contribution in [3.63, 3.8) is 0 Å². The summed E-state index contributed by atoms with van der Waals surface area (Å²) < 4.78 is 13.3. The van der Waals surface area contributed by atoms with E-state index in [9.17, 15) is 19.1 Å². The molecule has 2 fully saturated rings. The molecule has 2 aliphatic rings. The van der Waals surface area contributed by atoms with Crippen LogP contribution in [0.3, 0.4) is 0 Å². The molecule has 1 saturated heterocycles. The van der Waals surface area contributed by atoms with Crippen LogP contribution in [0.2, 0.25) is 0 Å². The lowest BCUT2D eigenvalue weighted by Crippen LogP contribution is -2.58. The monoisotopic (exact) mass is 412 g/mol. The van der Waals surface area contributed by atoms with Gasteiger partial charge in [-0.2, -0.15) is 0 Å². The minimum absolute atomic E-state index is 0.0401. The maximum atomic E-state index is 13.3. The molecule has 1 aliphatic carbocycles. The molecule has 3 unspecified atom stereocenters. The summed E-state index contributed by atoms with van der Waals surface area (Å²) in [5.41, 5.74) is -0.904. The van der Waals surface area contributed by atoms with E-state index in [4.69, 9.17) is 0 Å². The minimum Gasteiger partial charge on any atom is -0.388 e. The van der Waals surface area contributed by atoms with Crippen LogP contribution < -0.4 is 10.2 Å². The molecular formula is C22H25FN4O3. The Labute approximate surface area is 174 Å². The van der Waals surface area contributed by atoms with Crippen molar-refractivity contribution in [2.75, 3.05) is 11.4 Å². The molecule has 1 spiro atoms. The number of aliphatic hydroxyl groups is 1. The van der Waals surface area contributed by atoms with Crippen LogP contribution in [0.1, 0.15) is 48.9 Å². The minimum atomic E-state index is -1.13. The zero-order chi connectivity index (χ0) is 21.5. The number of aryl methyl sites for hydroxylation is 1. The Bertz CT molecular complexity index is 979. The third kappa shape index (κ3) is 3.67. The van der Waals surface area contributed by atoms with Gasteiger partial charge in [-0.25, -0.2) is 14.4 Å². The average Bonchev–Trinajstić information content (AvgIpc) is 3.02. The first-order chi connectivity index (χ1) is 14.2. The van der Waals surface area contributed by atoms with Gasteiger partial charge in [-0.1, -0.05) is 0 Å². The van der Waals surface area contributed by atoms with Gasteiger partial charge in [0, 0.05) is 18.4 Å². The molecule has 4 rings (SSSR count). The molecule has 0 radical (unpaired) electrons. The largest absolute Gasteiger partial charge is 0.388 e. The summed E-state index contributed by atoms with van der Waals surface area (Å²) in [6.45, 7) is 3.91. The third-order valence-electron chi connectivity index (χ3n) is 6.42. The van der Waals surface area contributed by atoms with Crippen LogP contribution in [0.15, 0.2) is 36.5 Å². The van der Waals surface area contributed by atoms with E-state index < -0.39 is 23.0 Å². The lowest BCUT2D eigenvalue weighted by Gasteiger charge is -2.45. The van der Waals surface area contributed by atoms with Crippen molar-refractivity contribution in [1.82, 2.24) is 15.3 Å². The van der Waals surface area contributed by atoms with Crippen LogP contribution in [0, 0.1) is 18.2 Å². The van der Waals surface area contributed by atoms with Crippen molar-refractivity contribution in [3.8, 4) is 0 Å². The highest BCUT2D eigenvalue weighted by molar-refractivity contribution is 6.00. The number of aromatic nitrogens is 2. The van der Waals surface area contributed by atoms with Crippen molar-refractivity contribution in [3.05, 3.63) is 53.9 Å². The third-order valence-corrected chi connectivity index (χ3v) is 6.42. The summed E-state index contributed by atoms with van der Waals surface area (Å²) in [6.07, 6.45) is 3.41. The van der Waals surface area contributed by atoms with Crippen molar-refractivity contribution in [2.45, 2.75) is 51.2 Å². The molecule has 1 aromatic heterocycles. The number of benzene rings is 1. The number of carbonyl (C=O) groups excluding carboxylic acids is 2. The van der Waals surface area contributed by atoms with Crippen molar-refractivity contribution >= 4 is 17.5 Å². The second-order valence-electron chi connectivity index (χ2n) is 8.54. The Balaban J connectivity index is 1.54. The van der Waals surface area contributed by atoms with Gasteiger partial charge in [0.1, 0.15) is 17.3 Å². The quantitative estimate of drug-likeness (QED) is 0.807. The van der Waals surface area contributed by atoms with Gasteiger partial charge in [-0.05, 0) is 69.9 Å². The standard InChI is InChI=1S/C22H25FN4O3/c1-14-24-11-7-17(25-14)19(28)26-18-13-22(9-8-21(18,2)30)10-12-27(20(22)29)16-5-3-15(23)4-6-16/h3-7,11,18,30H,8-10,12-13H2,1-2H3,(H,26,28). The molecule has 1 saturated carbocycles. The molecular weight excluding hydrogens is 387 g/mol. The highest BCUT2D eigenvalue weighted by Gasteiger charge is 2.54. The van der Waals surface area contributed by atoms with Gasteiger partial charge in [0.15, 0.2) is 0 Å². The first-order valence-electron chi connectivity index (χ1n) is 10.1. The van der Waals surface area contributed by atoms with E-state index in [-0.39, 0.29) is 17.4 Å². The van der Waals surface area contributed by atoms with E-state index in [2.05, 4.69) is 15.3 Å². The van der Waals surface area contributed by atoms with Crippen LogP contribution in [0.5, 0.6) is 0 Å². The fraction of sp³-hybridized carbons (Fsp3) is 0.455. The van der Waals surface area contributed by atoms with Gasteiger partial charge in [-0.3, -0.25) is 9.59 Å². The fourth-order valence-corrected chi connectivity index (χ4v) is 4.51. The summed E-state index contributed by atoms with van der Waals surface area (Å²) >= 11 is 0. The van der Waals surface area contributed by atoms with E-state index in [1.54, 1.807) is 30.9 Å². The lowest BCUT2D eigenvalue weighted by atomic mass is 9.65. The van der Waals surface area contributed by atoms with Gasteiger partial charge in [0.05, 0.1) is 17.1 Å². The summed E-state index contributed by atoms with van der Waals surface area (Å²) in [7, 11) is 0. The molecule has 0 bridgehead atoms. The summed E-state index contributed by atoms with van der Waals surface area (Å²) in [5, 5.41) is 13.8. The smallest absolute Gasteiger partial charge is 0.270 e. The fourth-order valence-electron chi connectivity index (χ4n) is 4.51. The first-order valence-corrected chi connectivity index (χ1v) is 10.1. The van der Waals surface area contributed by atoms with Crippen molar-refractivity contribution in [1.29, 1.82) is 0 Å². The van der Waals surface area contributed by atoms with Crippen molar-refractivity contribution < 1.29 is 19.1 Å². The van der Waals surface area contributed by atoms with Crippen LogP contribution in [0.4, 0.5) is 10.1 Å². The normalized spacial score (nSPS) is 28.7. The Hall–Kier alpha value is -2.87. The SMILES string of the molecule is Cc1nccc(C(=O)NC2CC3(CCN(c4ccc(F)cc4)C3=O)CCC2(C)O)n1. The topological polar surface area (TPSA) is 95.4 Å². The lowest BCUT2D eigenvalue weighted by molar-refractivity contribution is -0.131. The zero-order valence-electron chi connectivity index (χ0n) is 17.1. The molecule has 2 N–H and O–H groups in total. The van der Waals surface area contributed by atoms with E-state index in [0.717, 1.165) is 0 Å². The summed E-state index contributed by atoms with van der Waals surface area (Å²) in [6, 6.07) is 6.81. The van der Waals surface area contributed by atoms with Gasteiger partial charge in [0.2, 0.25) is 5.91 Å². The van der Waals surface area contributed by atoms with E-state index in [1.807, 2.05) is 0 Å². The molecule has 8 heteroatoms. The molecule has 1 aliphatic heterocycles. The number of nitrogens with one attached hydrogen (secondary N) is 1. The van der Waals surface area contributed by atoms with Gasteiger partial charge in [0.25, 0.3) is 5.91 Å². The molecule has 1 aromatic carbocycles. The maximum Gasteiger partial charge on any atom is 0.270 e. The number of carbonyl (C=O) groups is 2. The molecule has 2 aromatic rings. The number of hydrogen-bond acceptors (Lipinski definition) is 5. The van der Waals surface area contributed by atoms with Crippen LogP contribution in [0.25, 0.3) is 0 Å². The Kier molecular flexibility index (Phi) is 5.05. The second-order valence-corrected chi connectivity index (χ2v) is 8.54. The number of rotatable bonds is 3. The number of anilines is 1. The van der Waals surface area contributed by atoms with Crippen molar-refractivity contribution in [2.24, 2.45) is 5.41 Å². The molecule has 2 amide bonds. The van der Waals surface area contributed by atoms with Crippen LogP contribution >= 0.6 is 0 Å². The van der Waals surface area contributed by atoms with Gasteiger partial charge in [-0.15, -0.1) is 0 Å². The zero-order valence-corrected chi connectivity index (χ0v) is 17.1. The molecule has 3 atom stereocenters. The second kappa shape index (κ2) is 7.43. The first kappa shape index (κ1) is 20.4. The highest BCUT2D eigenvalue weighted by Crippen LogP contribution is 2.48. The summed E-state index contributed by atoms with van der Waals surface area (Å²) in [4.78, 5) is 35.9. The average molecular weight is 412 g/mol. The summed E-state index contributed by atoms with van der Waals surface area (Å²) in [5.74, 6) is -0.308. The molecule has 2 heterocycles.